The van der Waals surface area contributed by atoms with Gasteiger partial charge in [0.15, 0.2) is 6.29 Å². The maximum atomic E-state index is 13.1. The number of amides is 1. The highest BCUT2D eigenvalue weighted by Crippen LogP contribution is 2.23. The Bertz CT molecular complexity index is 1750. The summed E-state index contributed by atoms with van der Waals surface area (Å²) in [6.45, 7) is 3.67. The Morgan fingerprint density at radius 1 is 0.402 bits per heavy atom. The number of carbonyl (C=O) groups is 1. The average Bonchev–Trinajstić information content (AvgIpc) is 3.47. The van der Waals surface area contributed by atoms with E-state index in [2.05, 4.69) is 116 Å². The fraction of sp³-hybridized carbons (Fsp3) is 0.756. The molecule has 0 aromatic heterocycles. The summed E-state index contributed by atoms with van der Waals surface area (Å²) < 4.78 is 11.3. The third-order valence-corrected chi connectivity index (χ3v) is 16.8. The molecule has 0 aliphatic carbocycles. The minimum absolute atomic E-state index is 0.188. The Labute approximate surface area is 536 Å². The fourth-order valence-electron chi connectivity index (χ4n) is 11.1. The Morgan fingerprint density at radius 2 is 0.724 bits per heavy atom. The van der Waals surface area contributed by atoms with Crippen LogP contribution in [0, 0.1) is 0 Å². The van der Waals surface area contributed by atoms with Gasteiger partial charge in [0.2, 0.25) is 5.91 Å². The van der Waals surface area contributed by atoms with Crippen molar-refractivity contribution in [2.24, 2.45) is 0 Å². The molecule has 0 aromatic carbocycles. The molecule has 7 atom stereocenters. The molecule has 1 amide bonds. The minimum atomic E-state index is -1.58. The van der Waals surface area contributed by atoms with Gasteiger partial charge in [0.05, 0.1) is 25.4 Å². The van der Waals surface area contributed by atoms with Gasteiger partial charge in [-0.15, -0.1) is 0 Å². The van der Waals surface area contributed by atoms with Gasteiger partial charge in [-0.1, -0.05) is 329 Å². The first-order valence-corrected chi connectivity index (χ1v) is 36.6. The third-order valence-electron chi connectivity index (χ3n) is 16.8. The van der Waals surface area contributed by atoms with Crippen molar-refractivity contribution in [1.82, 2.24) is 5.32 Å². The first-order valence-electron chi connectivity index (χ1n) is 36.6. The van der Waals surface area contributed by atoms with Crippen LogP contribution in [0.2, 0.25) is 0 Å². The molecule has 1 aliphatic rings. The van der Waals surface area contributed by atoms with Gasteiger partial charge in [-0.2, -0.15) is 0 Å². The van der Waals surface area contributed by atoms with Crippen molar-refractivity contribution >= 4 is 5.91 Å². The second-order valence-electron chi connectivity index (χ2n) is 25.0. The van der Waals surface area contributed by atoms with Crippen molar-refractivity contribution in [3.05, 3.63) is 109 Å². The number of nitrogens with one attached hydrogen (secondary N) is 1. The third kappa shape index (κ3) is 54.3. The lowest BCUT2D eigenvalue weighted by atomic mass is 9.99. The molecule has 1 saturated heterocycles. The Hall–Kier alpha value is -3.15. The Morgan fingerprint density at radius 3 is 1.10 bits per heavy atom. The van der Waals surface area contributed by atoms with E-state index in [9.17, 15) is 30.3 Å². The number of aliphatic hydroxyl groups is 5. The fourth-order valence-corrected chi connectivity index (χ4v) is 11.1. The van der Waals surface area contributed by atoms with Gasteiger partial charge in [0.1, 0.15) is 24.4 Å². The van der Waals surface area contributed by atoms with E-state index < -0.39 is 49.5 Å². The predicted molar refractivity (Wildman–Crippen MR) is 373 cm³/mol. The number of hydrogen-bond acceptors (Lipinski definition) is 8. The minimum Gasteiger partial charge on any atom is -0.394 e. The van der Waals surface area contributed by atoms with E-state index in [1.54, 1.807) is 6.08 Å². The largest absolute Gasteiger partial charge is 0.394 e. The first kappa shape index (κ1) is 81.9. The second kappa shape index (κ2) is 65.8. The number of allylic oxidation sites excluding steroid dienone is 17. The summed E-state index contributed by atoms with van der Waals surface area (Å²) >= 11 is 0. The van der Waals surface area contributed by atoms with Gasteiger partial charge in [0.25, 0.3) is 0 Å². The highest BCUT2D eigenvalue weighted by molar-refractivity contribution is 5.76. The van der Waals surface area contributed by atoms with Crippen LogP contribution < -0.4 is 5.32 Å². The molecule has 0 radical (unpaired) electrons. The molecule has 1 heterocycles. The van der Waals surface area contributed by atoms with Gasteiger partial charge in [0, 0.05) is 6.42 Å². The average molecular weight is 1220 g/mol. The monoisotopic (exact) mass is 1220 g/mol. The smallest absolute Gasteiger partial charge is 0.220 e. The maximum Gasteiger partial charge on any atom is 0.220 e. The van der Waals surface area contributed by atoms with Crippen LogP contribution in [-0.4, -0.2) is 87.5 Å². The second-order valence-corrected chi connectivity index (χ2v) is 25.0. The van der Waals surface area contributed by atoms with Gasteiger partial charge >= 0.3 is 0 Å². The molecule has 1 fully saturated rings. The van der Waals surface area contributed by atoms with Crippen molar-refractivity contribution in [3.63, 3.8) is 0 Å². The lowest BCUT2D eigenvalue weighted by molar-refractivity contribution is -0.302. The van der Waals surface area contributed by atoms with Crippen molar-refractivity contribution in [2.75, 3.05) is 13.2 Å². The molecule has 1 rings (SSSR count). The summed E-state index contributed by atoms with van der Waals surface area (Å²) in [6.07, 6.45) is 90.7. The van der Waals surface area contributed by atoms with E-state index in [4.69, 9.17) is 9.47 Å². The lowest BCUT2D eigenvalue weighted by Gasteiger charge is -2.40. The summed E-state index contributed by atoms with van der Waals surface area (Å²) in [5.74, 6) is -0.188. The summed E-state index contributed by atoms with van der Waals surface area (Å²) in [4.78, 5) is 13.1. The number of carbonyl (C=O) groups excluding carboxylic acids is 1. The molecule has 9 nitrogen and oxygen atoms in total. The highest BCUT2D eigenvalue weighted by Gasteiger charge is 2.44. The van der Waals surface area contributed by atoms with Crippen molar-refractivity contribution in [3.8, 4) is 0 Å². The van der Waals surface area contributed by atoms with E-state index in [0.29, 0.717) is 6.42 Å². The molecule has 9 heteroatoms. The molecular weight excluding hydrogens is 1080 g/mol. The number of aliphatic hydroxyl groups excluding tert-OH is 5. The Kier molecular flexibility index (Phi) is 61.9. The van der Waals surface area contributed by atoms with Gasteiger partial charge < -0.3 is 40.3 Å². The summed E-state index contributed by atoms with van der Waals surface area (Å²) in [7, 11) is 0. The Balaban J connectivity index is 2.09. The molecule has 7 unspecified atom stereocenters. The molecule has 0 saturated carbocycles. The molecule has 87 heavy (non-hydrogen) atoms. The molecule has 0 spiro atoms. The quantitative estimate of drug-likeness (QED) is 0.0261. The lowest BCUT2D eigenvalue weighted by Crippen LogP contribution is -2.60. The summed E-state index contributed by atoms with van der Waals surface area (Å²) in [5, 5.41) is 54.7. The summed E-state index contributed by atoms with van der Waals surface area (Å²) in [6, 6.07) is -0.833. The zero-order valence-corrected chi connectivity index (χ0v) is 56.2. The summed E-state index contributed by atoms with van der Waals surface area (Å²) in [5.41, 5.74) is 0. The first-order chi connectivity index (χ1) is 42.8. The molecule has 502 valence electrons. The zero-order valence-electron chi connectivity index (χ0n) is 56.2. The molecule has 0 bridgehead atoms. The van der Waals surface area contributed by atoms with Gasteiger partial charge in [-0.3, -0.25) is 4.79 Å². The van der Waals surface area contributed by atoms with Crippen LogP contribution >= 0.6 is 0 Å². The number of unbranched alkanes of at least 4 members (excludes halogenated alkanes) is 37. The van der Waals surface area contributed by atoms with Crippen LogP contribution in [0.15, 0.2) is 109 Å². The maximum absolute atomic E-state index is 13.1. The van der Waals surface area contributed by atoms with Crippen LogP contribution in [0.5, 0.6) is 0 Å². The topological polar surface area (TPSA) is 149 Å². The SMILES string of the molecule is CC/C=C\C/C=C\C/C=C\C/C=C\C/C=C\C/C=C\CCCCCCCCCCCCCCCCCCCCCCCCC(=O)NC(COC1OC(CO)C(O)C(O)C1O)C(O)/C=C/CC/C=C/CC/C=C/CCCCCCCCCCCCCCC. The number of hydrogen-bond donors (Lipinski definition) is 6. The molecule has 1 aliphatic heterocycles. The van der Waals surface area contributed by atoms with Gasteiger partial charge in [-0.25, -0.2) is 0 Å². The number of ether oxygens (including phenoxy) is 2. The molecule has 6 N–H and O–H groups in total. The van der Waals surface area contributed by atoms with E-state index in [1.165, 1.54) is 218 Å². The normalized spacial score (nSPS) is 18.6. The highest BCUT2D eigenvalue weighted by atomic mass is 16.7. The zero-order chi connectivity index (χ0) is 62.8. The van der Waals surface area contributed by atoms with E-state index >= 15 is 0 Å². The standard InChI is InChI=1S/C78H137NO8/c1-3-5-7-9-11-13-15-17-19-21-23-25-27-28-29-30-31-32-33-34-35-36-37-38-39-40-41-42-43-44-46-48-50-52-54-56-58-60-62-64-66-68-74(82)79-71(70-86-78-77(85)76(84)75(83)73(69-80)87-78)72(81)67-65-63-61-59-57-55-53-51-49-47-45-26-24-22-20-18-16-14-12-10-8-6-4-2/h5,7,11,13,17,19,23,25,28-29,31-32,49,51,57,59,65,67,71-73,75-78,80-81,83-85H,3-4,6,8-10,12,14-16,18,20-22,24,26-27,30,33-48,50,52-56,58,60-64,66,68-70H2,1-2H3,(H,79,82)/b7-5-,13-11-,19-17-,25-23-,29-28-,32-31-,51-49+,59-57+,67-65+. The van der Waals surface area contributed by atoms with E-state index in [0.717, 1.165) is 83.5 Å². The van der Waals surface area contributed by atoms with Crippen LogP contribution in [0.25, 0.3) is 0 Å². The number of rotatable bonds is 63. The van der Waals surface area contributed by atoms with Gasteiger partial charge in [-0.05, 0) is 96.3 Å². The van der Waals surface area contributed by atoms with E-state index in [-0.39, 0.29) is 12.5 Å². The van der Waals surface area contributed by atoms with Crippen molar-refractivity contribution in [2.45, 2.75) is 365 Å². The van der Waals surface area contributed by atoms with Crippen molar-refractivity contribution < 1.29 is 39.8 Å². The van der Waals surface area contributed by atoms with Crippen LogP contribution in [0.4, 0.5) is 0 Å². The van der Waals surface area contributed by atoms with Crippen LogP contribution in [0.1, 0.15) is 322 Å². The molecular formula is C78H137NO8. The van der Waals surface area contributed by atoms with Crippen LogP contribution in [0.3, 0.4) is 0 Å². The van der Waals surface area contributed by atoms with E-state index in [1.807, 2.05) is 6.08 Å². The van der Waals surface area contributed by atoms with Crippen molar-refractivity contribution in [1.29, 1.82) is 0 Å². The molecule has 0 aromatic rings. The van der Waals surface area contributed by atoms with Crippen LogP contribution in [-0.2, 0) is 14.3 Å². The predicted octanol–water partition coefficient (Wildman–Crippen LogP) is 20.4.